The van der Waals surface area contributed by atoms with Gasteiger partial charge in [-0.05, 0) is 55.6 Å². The third kappa shape index (κ3) is 5.94. The van der Waals surface area contributed by atoms with Gasteiger partial charge in [-0.2, -0.15) is 13.2 Å². The Bertz CT molecular complexity index is 692. The predicted octanol–water partition coefficient (Wildman–Crippen LogP) is 6.40. The Labute approximate surface area is 162 Å². The van der Waals surface area contributed by atoms with E-state index in [-0.39, 0.29) is 0 Å². The molecule has 0 aliphatic heterocycles. The van der Waals surface area contributed by atoms with E-state index in [1.54, 1.807) is 0 Å². The largest absolute Gasteiger partial charge is 0.416 e. The number of hydrogen-bond acceptors (Lipinski definition) is 2. The molecule has 0 fully saturated rings. The molecule has 1 heterocycles. The van der Waals surface area contributed by atoms with Gasteiger partial charge in [0.05, 0.1) is 5.56 Å². The lowest BCUT2D eigenvalue weighted by Crippen LogP contribution is -2.22. The first-order chi connectivity index (χ1) is 11.5. The van der Waals surface area contributed by atoms with Crippen LogP contribution in [0.15, 0.2) is 33.5 Å². The van der Waals surface area contributed by atoms with Gasteiger partial charge in [0.15, 0.2) is 0 Å². The standard InChI is InChI=1S/C16H19Br2F3N2OSi/c1-25(2,3)9-8-24-12(15-22-13(17)14(18)23-15)10-4-6-11(7-5-10)16(19,20)21/h4-7,12H,8-9H2,1-3H3,(H,22,23). The lowest BCUT2D eigenvalue weighted by atomic mass is 10.1. The van der Waals surface area contributed by atoms with Gasteiger partial charge in [0.2, 0.25) is 0 Å². The summed E-state index contributed by atoms with van der Waals surface area (Å²) in [5.74, 6) is 0.536. The topological polar surface area (TPSA) is 37.9 Å². The van der Waals surface area contributed by atoms with Gasteiger partial charge >= 0.3 is 6.18 Å². The van der Waals surface area contributed by atoms with E-state index in [1.807, 2.05) is 0 Å². The molecular formula is C16H19Br2F3N2OSi. The molecule has 3 nitrogen and oxygen atoms in total. The van der Waals surface area contributed by atoms with Crippen molar-refractivity contribution >= 4 is 39.9 Å². The summed E-state index contributed by atoms with van der Waals surface area (Å²) in [5, 5.41) is 0. The van der Waals surface area contributed by atoms with Crippen molar-refractivity contribution in [1.82, 2.24) is 9.97 Å². The Kier molecular flexibility index (Phi) is 6.56. The number of aromatic amines is 1. The molecule has 2 rings (SSSR count). The highest BCUT2D eigenvalue weighted by molar-refractivity contribution is 9.13. The molecule has 0 aliphatic rings. The third-order valence-corrected chi connectivity index (χ3v) is 6.95. The van der Waals surface area contributed by atoms with Gasteiger partial charge < -0.3 is 9.72 Å². The van der Waals surface area contributed by atoms with E-state index in [4.69, 9.17) is 4.74 Å². The number of nitrogens with one attached hydrogen (secondary N) is 1. The van der Waals surface area contributed by atoms with E-state index in [9.17, 15) is 13.2 Å². The second kappa shape index (κ2) is 7.94. The summed E-state index contributed by atoms with van der Waals surface area (Å²) >= 11 is 6.64. The molecular weight excluding hydrogens is 481 g/mol. The summed E-state index contributed by atoms with van der Waals surface area (Å²) in [6.45, 7) is 7.24. The molecule has 0 radical (unpaired) electrons. The molecule has 1 aromatic carbocycles. The second-order valence-corrected chi connectivity index (χ2v) is 14.1. The smallest absolute Gasteiger partial charge is 0.366 e. The number of hydrogen-bond donors (Lipinski definition) is 1. The Balaban J connectivity index is 2.27. The van der Waals surface area contributed by atoms with Crippen LogP contribution in [0.5, 0.6) is 0 Å². The summed E-state index contributed by atoms with van der Waals surface area (Å²) < 4.78 is 45.6. The third-order valence-electron chi connectivity index (χ3n) is 3.56. The van der Waals surface area contributed by atoms with Crippen LogP contribution in [-0.4, -0.2) is 24.6 Å². The average Bonchev–Trinajstić information content (AvgIpc) is 2.81. The molecule has 0 amide bonds. The minimum absolute atomic E-state index is 0.525. The normalized spacial score (nSPS) is 13.9. The number of benzene rings is 1. The van der Waals surface area contributed by atoms with E-state index in [2.05, 4.69) is 61.5 Å². The van der Waals surface area contributed by atoms with Crippen molar-refractivity contribution in [2.45, 2.75) is 38.0 Å². The molecule has 2 aromatic rings. The van der Waals surface area contributed by atoms with Crippen LogP contribution < -0.4 is 0 Å². The Morgan fingerprint density at radius 3 is 2.20 bits per heavy atom. The highest BCUT2D eigenvalue weighted by atomic mass is 79.9. The van der Waals surface area contributed by atoms with Crippen molar-refractivity contribution in [3.8, 4) is 0 Å². The maximum atomic E-state index is 12.8. The zero-order valence-corrected chi connectivity index (χ0v) is 18.2. The van der Waals surface area contributed by atoms with Crippen LogP contribution >= 0.6 is 31.9 Å². The fourth-order valence-electron chi connectivity index (χ4n) is 2.13. The molecule has 1 N–H and O–H groups in total. The molecule has 0 saturated carbocycles. The lowest BCUT2D eigenvalue weighted by molar-refractivity contribution is -0.137. The number of rotatable bonds is 6. The predicted molar refractivity (Wildman–Crippen MR) is 101 cm³/mol. The van der Waals surface area contributed by atoms with Crippen LogP contribution in [0.25, 0.3) is 0 Å². The van der Waals surface area contributed by atoms with Crippen LogP contribution in [0.4, 0.5) is 13.2 Å². The van der Waals surface area contributed by atoms with Crippen molar-refractivity contribution < 1.29 is 17.9 Å². The first-order valence-corrected chi connectivity index (χ1v) is 13.0. The van der Waals surface area contributed by atoms with Gasteiger partial charge in [-0.3, -0.25) is 0 Å². The van der Waals surface area contributed by atoms with Crippen molar-refractivity contribution in [2.24, 2.45) is 0 Å². The van der Waals surface area contributed by atoms with Crippen LogP contribution in [0.1, 0.15) is 23.1 Å². The van der Waals surface area contributed by atoms with Gasteiger partial charge in [-0.25, -0.2) is 4.98 Å². The van der Waals surface area contributed by atoms with Crippen molar-refractivity contribution in [2.75, 3.05) is 6.61 Å². The van der Waals surface area contributed by atoms with Crippen LogP contribution in [0, 0.1) is 0 Å². The van der Waals surface area contributed by atoms with Crippen molar-refractivity contribution in [3.05, 3.63) is 50.4 Å². The Hall–Kier alpha value is -0.643. The molecule has 0 bridgehead atoms. The SMILES string of the molecule is C[Si](C)(C)CCOC(c1ccc(C(F)(F)F)cc1)c1nc(Br)c(Br)[nH]1. The molecule has 0 aliphatic carbocycles. The molecule has 138 valence electrons. The minimum Gasteiger partial charge on any atom is -0.366 e. The summed E-state index contributed by atoms with van der Waals surface area (Å²) in [4.78, 5) is 7.41. The molecule has 9 heteroatoms. The van der Waals surface area contributed by atoms with Crippen LogP contribution in [-0.2, 0) is 10.9 Å². The first-order valence-electron chi connectivity index (χ1n) is 7.67. The number of imidazole rings is 1. The molecule has 1 atom stereocenters. The number of H-pyrrole nitrogens is 1. The fourth-order valence-corrected chi connectivity index (χ4v) is 3.45. The maximum absolute atomic E-state index is 12.8. The summed E-state index contributed by atoms with van der Waals surface area (Å²) in [6.07, 6.45) is -4.91. The molecule has 0 saturated heterocycles. The Morgan fingerprint density at radius 1 is 1.16 bits per heavy atom. The Morgan fingerprint density at radius 2 is 1.76 bits per heavy atom. The number of alkyl halides is 3. The molecule has 0 spiro atoms. The second-order valence-electron chi connectivity index (χ2n) is 6.91. The van der Waals surface area contributed by atoms with Gasteiger partial charge in [-0.1, -0.05) is 31.8 Å². The van der Waals surface area contributed by atoms with E-state index >= 15 is 0 Å². The van der Waals surface area contributed by atoms with Crippen LogP contribution in [0.2, 0.25) is 25.7 Å². The van der Waals surface area contributed by atoms with E-state index in [0.717, 1.165) is 18.2 Å². The highest BCUT2D eigenvalue weighted by Crippen LogP contribution is 2.33. The van der Waals surface area contributed by atoms with E-state index in [1.165, 1.54) is 12.1 Å². The summed E-state index contributed by atoms with van der Waals surface area (Å²) in [7, 11) is -1.29. The molecule has 1 aromatic heterocycles. The maximum Gasteiger partial charge on any atom is 0.416 e. The summed E-state index contributed by atoms with van der Waals surface area (Å²) in [5.41, 5.74) is -0.0590. The van der Waals surface area contributed by atoms with Gasteiger partial charge in [0.1, 0.15) is 21.1 Å². The lowest BCUT2D eigenvalue weighted by Gasteiger charge is -2.20. The van der Waals surface area contributed by atoms with Gasteiger partial charge in [0.25, 0.3) is 0 Å². The van der Waals surface area contributed by atoms with Crippen LogP contribution in [0.3, 0.4) is 0 Å². The minimum atomic E-state index is -4.36. The molecule has 1 unspecified atom stereocenters. The van der Waals surface area contributed by atoms with Crippen molar-refractivity contribution in [1.29, 1.82) is 0 Å². The van der Waals surface area contributed by atoms with E-state index < -0.39 is 25.9 Å². The quantitative estimate of drug-likeness (QED) is 0.467. The average molecular weight is 500 g/mol. The number of halogens is 5. The zero-order valence-electron chi connectivity index (χ0n) is 14.0. The van der Waals surface area contributed by atoms with Gasteiger partial charge in [-0.15, -0.1) is 0 Å². The van der Waals surface area contributed by atoms with Crippen molar-refractivity contribution in [3.63, 3.8) is 0 Å². The zero-order chi connectivity index (χ0) is 18.8. The van der Waals surface area contributed by atoms with E-state index in [0.29, 0.717) is 27.2 Å². The fraction of sp³-hybridized carbons (Fsp3) is 0.438. The summed E-state index contributed by atoms with van der Waals surface area (Å²) in [6, 6.07) is 5.96. The number of aromatic nitrogens is 2. The monoisotopic (exact) mass is 498 g/mol. The highest BCUT2D eigenvalue weighted by Gasteiger charge is 2.31. The first kappa shape index (κ1) is 20.7. The number of nitrogens with zero attached hydrogens (tertiary/aromatic N) is 1. The number of ether oxygens (including phenoxy) is 1. The van der Waals surface area contributed by atoms with Gasteiger partial charge in [0, 0.05) is 14.7 Å². The molecule has 25 heavy (non-hydrogen) atoms.